The minimum atomic E-state index is -0.522. The SMILES string of the molecule is O=C(NN=Cc1ccc(OCc2cccc([N+](=O)[O-])c2)c(I)c1)c1cc2ccccc2cc1O. The van der Waals surface area contributed by atoms with Crippen LogP contribution in [-0.2, 0) is 6.61 Å². The highest BCUT2D eigenvalue weighted by Gasteiger charge is 2.12. The molecule has 34 heavy (non-hydrogen) atoms. The van der Waals surface area contributed by atoms with Crippen molar-refractivity contribution in [2.75, 3.05) is 0 Å². The third kappa shape index (κ3) is 5.49. The molecule has 0 spiro atoms. The molecule has 2 N–H and O–H groups in total. The van der Waals surface area contributed by atoms with Gasteiger partial charge < -0.3 is 9.84 Å². The Labute approximate surface area is 208 Å². The van der Waals surface area contributed by atoms with Crippen LogP contribution in [-0.4, -0.2) is 22.2 Å². The number of ether oxygens (including phenoxy) is 1. The molecule has 0 aliphatic heterocycles. The highest BCUT2D eigenvalue weighted by Crippen LogP contribution is 2.25. The average molecular weight is 567 g/mol. The molecule has 4 rings (SSSR count). The third-order valence-corrected chi connectivity index (χ3v) is 5.80. The first-order chi connectivity index (χ1) is 16.4. The van der Waals surface area contributed by atoms with E-state index in [4.69, 9.17) is 4.74 Å². The van der Waals surface area contributed by atoms with Gasteiger partial charge in [0, 0.05) is 12.1 Å². The summed E-state index contributed by atoms with van der Waals surface area (Å²) in [6.45, 7) is 0.191. The minimum Gasteiger partial charge on any atom is -0.507 e. The van der Waals surface area contributed by atoms with Crippen molar-refractivity contribution in [3.63, 3.8) is 0 Å². The molecule has 8 nitrogen and oxygen atoms in total. The first kappa shape index (κ1) is 23.2. The van der Waals surface area contributed by atoms with Crippen molar-refractivity contribution in [3.8, 4) is 11.5 Å². The Bertz CT molecular complexity index is 1420. The number of rotatable bonds is 7. The number of amides is 1. The number of nitro benzene ring substituents is 1. The van der Waals surface area contributed by atoms with Gasteiger partial charge in [0.25, 0.3) is 11.6 Å². The van der Waals surface area contributed by atoms with Crippen LogP contribution in [0.3, 0.4) is 0 Å². The molecule has 1 amide bonds. The molecule has 4 aromatic carbocycles. The molecule has 0 aliphatic carbocycles. The number of benzene rings is 4. The number of carbonyl (C=O) groups excluding carboxylic acids is 1. The van der Waals surface area contributed by atoms with E-state index in [-0.39, 0.29) is 23.6 Å². The van der Waals surface area contributed by atoms with Crippen LogP contribution in [0, 0.1) is 13.7 Å². The second-order valence-electron chi connectivity index (χ2n) is 7.32. The number of nitro groups is 1. The Balaban J connectivity index is 1.39. The second-order valence-corrected chi connectivity index (χ2v) is 8.48. The number of aromatic hydroxyl groups is 1. The smallest absolute Gasteiger partial charge is 0.275 e. The van der Waals surface area contributed by atoms with E-state index >= 15 is 0 Å². The molecule has 170 valence electrons. The maximum absolute atomic E-state index is 12.5. The highest BCUT2D eigenvalue weighted by molar-refractivity contribution is 14.1. The van der Waals surface area contributed by atoms with Crippen LogP contribution in [0.4, 0.5) is 5.69 Å². The van der Waals surface area contributed by atoms with Gasteiger partial charge in [0.2, 0.25) is 0 Å². The molecule has 0 unspecified atom stereocenters. The van der Waals surface area contributed by atoms with Gasteiger partial charge in [-0.05, 0) is 74.8 Å². The van der Waals surface area contributed by atoms with Gasteiger partial charge in [0.15, 0.2) is 0 Å². The molecule has 0 bridgehead atoms. The van der Waals surface area contributed by atoms with Gasteiger partial charge in [-0.3, -0.25) is 14.9 Å². The Morgan fingerprint density at radius 3 is 2.56 bits per heavy atom. The Morgan fingerprint density at radius 1 is 1.06 bits per heavy atom. The van der Waals surface area contributed by atoms with Gasteiger partial charge in [-0.25, -0.2) is 5.43 Å². The molecule has 0 aromatic heterocycles. The molecule has 0 radical (unpaired) electrons. The van der Waals surface area contributed by atoms with E-state index in [2.05, 4.69) is 33.1 Å². The summed E-state index contributed by atoms with van der Waals surface area (Å²) in [5.74, 6) is -0.0216. The molecular weight excluding hydrogens is 549 g/mol. The molecule has 0 fully saturated rings. The molecule has 0 aliphatic rings. The van der Waals surface area contributed by atoms with Crippen molar-refractivity contribution in [3.05, 3.63) is 109 Å². The van der Waals surface area contributed by atoms with Gasteiger partial charge in [0.05, 0.1) is 20.3 Å². The number of phenols is 1. The first-order valence-corrected chi connectivity index (χ1v) is 11.2. The molecule has 0 atom stereocenters. The number of hydrazone groups is 1. The number of nitrogens with one attached hydrogen (secondary N) is 1. The largest absolute Gasteiger partial charge is 0.507 e. The zero-order valence-electron chi connectivity index (χ0n) is 17.6. The summed E-state index contributed by atoms with van der Waals surface area (Å²) in [6, 6.07) is 22.2. The molecular formula is C25H18IN3O5. The lowest BCUT2D eigenvalue weighted by Gasteiger charge is -2.09. The lowest BCUT2D eigenvalue weighted by Crippen LogP contribution is -2.17. The van der Waals surface area contributed by atoms with Crippen LogP contribution in [0.1, 0.15) is 21.5 Å². The highest BCUT2D eigenvalue weighted by atomic mass is 127. The van der Waals surface area contributed by atoms with E-state index in [0.717, 1.165) is 19.9 Å². The fourth-order valence-electron chi connectivity index (χ4n) is 3.27. The number of carbonyl (C=O) groups is 1. The van der Waals surface area contributed by atoms with Crippen LogP contribution in [0.2, 0.25) is 0 Å². The predicted octanol–water partition coefficient (Wildman–Crippen LogP) is 5.40. The number of halogens is 1. The van der Waals surface area contributed by atoms with E-state index in [9.17, 15) is 20.0 Å². The quantitative estimate of drug-likeness (QED) is 0.134. The van der Waals surface area contributed by atoms with Crippen LogP contribution >= 0.6 is 22.6 Å². The monoisotopic (exact) mass is 567 g/mol. The van der Waals surface area contributed by atoms with Crippen LogP contribution in [0.25, 0.3) is 10.8 Å². The summed E-state index contributed by atoms with van der Waals surface area (Å²) >= 11 is 2.12. The lowest BCUT2D eigenvalue weighted by atomic mass is 10.1. The van der Waals surface area contributed by atoms with Crippen molar-refractivity contribution in [2.24, 2.45) is 5.10 Å². The van der Waals surface area contributed by atoms with E-state index < -0.39 is 10.8 Å². The molecule has 9 heteroatoms. The van der Waals surface area contributed by atoms with Crippen molar-refractivity contribution in [1.29, 1.82) is 0 Å². The van der Waals surface area contributed by atoms with E-state index in [0.29, 0.717) is 11.3 Å². The summed E-state index contributed by atoms with van der Waals surface area (Å²) in [6.07, 6.45) is 1.49. The number of non-ortho nitro benzene ring substituents is 1. The fraction of sp³-hybridized carbons (Fsp3) is 0.0400. The van der Waals surface area contributed by atoms with Crippen molar-refractivity contribution in [2.45, 2.75) is 6.61 Å². The molecule has 0 heterocycles. The maximum Gasteiger partial charge on any atom is 0.275 e. The predicted molar refractivity (Wildman–Crippen MR) is 137 cm³/mol. The van der Waals surface area contributed by atoms with Crippen LogP contribution in [0.15, 0.2) is 84.0 Å². The van der Waals surface area contributed by atoms with Gasteiger partial charge in [-0.15, -0.1) is 0 Å². The van der Waals surface area contributed by atoms with Crippen molar-refractivity contribution >= 4 is 51.2 Å². The normalized spacial score (nSPS) is 11.0. The van der Waals surface area contributed by atoms with Crippen molar-refractivity contribution in [1.82, 2.24) is 5.43 Å². The summed E-state index contributed by atoms with van der Waals surface area (Å²) in [5.41, 5.74) is 4.00. The zero-order chi connectivity index (χ0) is 24.1. The van der Waals surface area contributed by atoms with Gasteiger partial charge in [0.1, 0.15) is 18.1 Å². The van der Waals surface area contributed by atoms with E-state index in [1.54, 1.807) is 36.4 Å². The Kier molecular flexibility index (Phi) is 7.02. The maximum atomic E-state index is 12.5. The minimum absolute atomic E-state index is 0.0152. The average Bonchev–Trinajstić information content (AvgIpc) is 2.83. The van der Waals surface area contributed by atoms with E-state index in [1.807, 2.05) is 30.3 Å². The zero-order valence-corrected chi connectivity index (χ0v) is 19.8. The molecule has 0 saturated carbocycles. The number of nitrogens with zero attached hydrogens (tertiary/aromatic N) is 2. The topological polar surface area (TPSA) is 114 Å². The Morgan fingerprint density at radius 2 is 1.82 bits per heavy atom. The van der Waals surface area contributed by atoms with Gasteiger partial charge >= 0.3 is 0 Å². The second kappa shape index (κ2) is 10.3. The van der Waals surface area contributed by atoms with Crippen molar-refractivity contribution < 1.29 is 19.6 Å². The van der Waals surface area contributed by atoms with E-state index in [1.165, 1.54) is 18.3 Å². The molecule has 0 saturated heterocycles. The summed E-state index contributed by atoms with van der Waals surface area (Å²) in [7, 11) is 0. The van der Waals surface area contributed by atoms with Crippen LogP contribution < -0.4 is 10.2 Å². The Hall–Kier alpha value is -3.99. The van der Waals surface area contributed by atoms with Crippen LogP contribution in [0.5, 0.6) is 11.5 Å². The number of phenolic OH excluding ortho intramolecular Hbond substituents is 1. The number of fused-ring (bicyclic) bond motifs is 1. The standard InChI is InChI=1S/C25H18IN3O5/c26-22-11-16(8-9-24(22)34-15-17-4-3-7-20(10-17)29(32)33)14-27-28-25(31)21-12-18-5-1-2-6-19(18)13-23(21)30/h1-14,30H,15H2,(H,28,31). The van der Waals surface area contributed by atoms with Gasteiger partial charge in [-0.2, -0.15) is 5.10 Å². The summed E-state index contributed by atoms with van der Waals surface area (Å²) < 4.78 is 6.60. The summed E-state index contributed by atoms with van der Waals surface area (Å²) in [4.78, 5) is 22.9. The third-order valence-electron chi connectivity index (χ3n) is 4.96. The fourth-order valence-corrected chi connectivity index (χ4v) is 3.97. The number of hydrogen-bond acceptors (Lipinski definition) is 6. The van der Waals surface area contributed by atoms with Gasteiger partial charge in [-0.1, -0.05) is 36.4 Å². The number of hydrogen-bond donors (Lipinski definition) is 2. The molecule has 4 aromatic rings. The lowest BCUT2D eigenvalue weighted by molar-refractivity contribution is -0.384. The first-order valence-electron chi connectivity index (χ1n) is 10.1. The summed E-state index contributed by atoms with van der Waals surface area (Å²) in [5, 5.41) is 26.7.